The van der Waals surface area contributed by atoms with E-state index >= 15 is 0 Å². The molecule has 0 heterocycles. The van der Waals surface area contributed by atoms with Crippen molar-refractivity contribution in [1.29, 1.82) is 0 Å². The number of methoxy groups -OCH3 is 1. The molecule has 0 aliphatic rings. The third-order valence-corrected chi connectivity index (χ3v) is 4.66. The number of aromatic hydroxyl groups is 1. The summed E-state index contributed by atoms with van der Waals surface area (Å²) >= 11 is 0. The second-order valence-corrected chi connectivity index (χ2v) is 6.56. The number of ketones is 1. The van der Waals surface area contributed by atoms with Crippen LogP contribution in [0.5, 0.6) is 11.5 Å². The molecule has 152 valence electrons. The van der Waals surface area contributed by atoms with Crippen molar-refractivity contribution in [3.05, 3.63) is 83.0 Å². The monoisotopic (exact) mass is 391 g/mol. The van der Waals surface area contributed by atoms with Crippen LogP contribution in [0.2, 0.25) is 0 Å². The van der Waals surface area contributed by atoms with Gasteiger partial charge in [0.1, 0.15) is 11.5 Å². The van der Waals surface area contributed by atoms with Crippen LogP contribution in [0.3, 0.4) is 0 Å². The molecule has 0 aliphatic carbocycles. The maximum absolute atomic E-state index is 12.6. The minimum atomic E-state index is -0.0900. The molecule has 4 nitrogen and oxygen atoms in total. The number of rotatable bonds is 9. The molecule has 0 saturated carbocycles. The second kappa shape index (κ2) is 10.9. The minimum Gasteiger partial charge on any atom is -0.507 e. The average Bonchev–Trinajstić information content (AvgIpc) is 2.75. The summed E-state index contributed by atoms with van der Waals surface area (Å²) in [7, 11) is 3.42. The number of carbonyl (C=O) groups excluding carboxylic acids is 1. The highest BCUT2D eigenvalue weighted by Gasteiger charge is 2.16. The number of anilines is 1. The van der Waals surface area contributed by atoms with Crippen LogP contribution in [-0.4, -0.2) is 25.0 Å². The number of allylic oxidation sites excluding steroid dienone is 5. The summed E-state index contributed by atoms with van der Waals surface area (Å²) in [5.41, 5.74) is 3.85. The molecular weight excluding hydrogens is 362 g/mol. The van der Waals surface area contributed by atoms with Crippen molar-refractivity contribution in [2.45, 2.75) is 26.7 Å². The van der Waals surface area contributed by atoms with Gasteiger partial charge in [-0.2, -0.15) is 0 Å². The zero-order valence-electron chi connectivity index (χ0n) is 17.5. The number of hydrogen-bond acceptors (Lipinski definition) is 4. The van der Waals surface area contributed by atoms with Crippen LogP contribution in [0.1, 0.15) is 40.9 Å². The van der Waals surface area contributed by atoms with E-state index in [1.165, 1.54) is 0 Å². The molecular formula is C25H29NO3. The molecule has 4 heteroatoms. The fourth-order valence-electron chi connectivity index (χ4n) is 3.05. The summed E-state index contributed by atoms with van der Waals surface area (Å²) in [6.45, 7) is 3.88. The highest BCUT2D eigenvalue weighted by atomic mass is 16.5. The average molecular weight is 392 g/mol. The van der Waals surface area contributed by atoms with E-state index in [0.717, 1.165) is 22.4 Å². The van der Waals surface area contributed by atoms with Crippen molar-refractivity contribution < 1.29 is 14.6 Å². The van der Waals surface area contributed by atoms with Gasteiger partial charge in [-0.25, -0.2) is 0 Å². The molecule has 0 amide bonds. The SMILES string of the molecule is CC=CCc1cc(C=CC(=O)c2ccc(NC)cc2)c(OC)c(CC=CC)c1O. The number of ether oxygens (including phenoxy) is 1. The lowest BCUT2D eigenvalue weighted by atomic mass is 9.97. The van der Waals surface area contributed by atoms with Crippen molar-refractivity contribution in [2.24, 2.45) is 0 Å². The van der Waals surface area contributed by atoms with E-state index in [1.54, 1.807) is 31.4 Å². The Morgan fingerprint density at radius 3 is 2.34 bits per heavy atom. The van der Waals surface area contributed by atoms with Gasteiger partial charge in [-0.15, -0.1) is 0 Å². The van der Waals surface area contributed by atoms with Gasteiger partial charge >= 0.3 is 0 Å². The summed E-state index contributed by atoms with van der Waals surface area (Å²) in [5, 5.41) is 13.8. The van der Waals surface area contributed by atoms with Crippen LogP contribution in [-0.2, 0) is 12.8 Å². The topological polar surface area (TPSA) is 58.6 Å². The van der Waals surface area contributed by atoms with Crippen LogP contribution in [0.4, 0.5) is 5.69 Å². The lowest BCUT2D eigenvalue weighted by Crippen LogP contribution is -1.99. The Balaban J connectivity index is 2.45. The predicted molar refractivity (Wildman–Crippen MR) is 121 cm³/mol. The van der Waals surface area contributed by atoms with Crippen LogP contribution < -0.4 is 10.1 Å². The lowest BCUT2D eigenvalue weighted by molar-refractivity contribution is 0.104. The van der Waals surface area contributed by atoms with Crippen LogP contribution in [0, 0.1) is 0 Å². The molecule has 0 unspecified atom stereocenters. The summed E-state index contributed by atoms with van der Waals surface area (Å²) in [6.07, 6.45) is 12.3. The van der Waals surface area contributed by atoms with Crippen molar-refractivity contribution in [2.75, 3.05) is 19.5 Å². The number of hydrogen-bond donors (Lipinski definition) is 2. The molecule has 2 aromatic rings. The van der Waals surface area contributed by atoms with Gasteiger partial charge < -0.3 is 15.2 Å². The van der Waals surface area contributed by atoms with E-state index < -0.39 is 0 Å². The molecule has 0 radical (unpaired) electrons. The van der Waals surface area contributed by atoms with Gasteiger partial charge in [-0.05, 0) is 74.7 Å². The Kier molecular flexibility index (Phi) is 8.28. The van der Waals surface area contributed by atoms with E-state index in [1.807, 2.05) is 63.4 Å². The van der Waals surface area contributed by atoms with Gasteiger partial charge in [-0.3, -0.25) is 4.79 Å². The maximum Gasteiger partial charge on any atom is 0.185 e. The summed E-state index contributed by atoms with van der Waals surface area (Å²) < 4.78 is 5.60. The van der Waals surface area contributed by atoms with E-state index in [2.05, 4.69) is 5.32 Å². The smallest absolute Gasteiger partial charge is 0.185 e. The fraction of sp³-hybridized carbons (Fsp3) is 0.240. The van der Waals surface area contributed by atoms with Gasteiger partial charge in [0.2, 0.25) is 0 Å². The number of phenols is 1. The zero-order valence-corrected chi connectivity index (χ0v) is 17.5. The van der Waals surface area contributed by atoms with E-state index in [0.29, 0.717) is 24.2 Å². The standard InChI is InChI=1S/C25H29NO3/c1-5-7-9-19-17-20(25(29-4)22(24(19)28)10-8-6-2)13-16-23(27)18-11-14-21(26-3)15-12-18/h5-8,11-17,26,28H,9-10H2,1-4H3. The van der Waals surface area contributed by atoms with Crippen molar-refractivity contribution in [1.82, 2.24) is 0 Å². The molecule has 2 aromatic carbocycles. The number of phenolic OH excluding ortho intramolecular Hbond substituents is 1. The highest BCUT2D eigenvalue weighted by Crippen LogP contribution is 2.37. The lowest BCUT2D eigenvalue weighted by Gasteiger charge is -2.16. The molecule has 0 spiro atoms. The van der Waals surface area contributed by atoms with Gasteiger partial charge in [0.05, 0.1) is 7.11 Å². The molecule has 0 bridgehead atoms. The van der Waals surface area contributed by atoms with Crippen LogP contribution >= 0.6 is 0 Å². The third-order valence-electron chi connectivity index (χ3n) is 4.66. The molecule has 29 heavy (non-hydrogen) atoms. The van der Waals surface area contributed by atoms with E-state index in [4.69, 9.17) is 4.74 Å². The largest absolute Gasteiger partial charge is 0.507 e. The molecule has 0 atom stereocenters. The van der Waals surface area contributed by atoms with Crippen molar-refractivity contribution >= 4 is 17.5 Å². The van der Waals surface area contributed by atoms with Crippen molar-refractivity contribution in [3.63, 3.8) is 0 Å². The molecule has 0 saturated heterocycles. The minimum absolute atomic E-state index is 0.0900. The predicted octanol–water partition coefficient (Wildman–Crippen LogP) is 5.58. The summed E-state index contributed by atoms with van der Waals surface area (Å²) in [5.74, 6) is 0.733. The van der Waals surface area contributed by atoms with Crippen molar-refractivity contribution in [3.8, 4) is 11.5 Å². The molecule has 2 N–H and O–H groups in total. The molecule has 0 aromatic heterocycles. The first-order valence-corrected chi connectivity index (χ1v) is 9.69. The quantitative estimate of drug-likeness (QED) is 0.333. The zero-order chi connectivity index (χ0) is 21.2. The van der Waals surface area contributed by atoms with Gasteiger partial charge in [0, 0.05) is 29.4 Å². The Hall–Kier alpha value is -3.27. The first-order valence-electron chi connectivity index (χ1n) is 9.69. The number of carbonyl (C=O) groups is 1. The first-order chi connectivity index (χ1) is 14.0. The molecule has 0 fully saturated rings. The Labute approximate surface area is 173 Å². The Morgan fingerprint density at radius 2 is 1.76 bits per heavy atom. The van der Waals surface area contributed by atoms with Crippen LogP contribution in [0.25, 0.3) is 6.08 Å². The second-order valence-electron chi connectivity index (χ2n) is 6.56. The van der Waals surface area contributed by atoms with Crippen LogP contribution in [0.15, 0.2) is 60.7 Å². The molecule has 0 aliphatic heterocycles. The van der Waals surface area contributed by atoms with Gasteiger partial charge in [0.25, 0.3) is 0 Å². The van der Waals surface area contributed by atoms with Gasteiger partial charge in [-0.1, -0.05) is 24.3 Å². The Bertz CT molecular complexity index is 922. The van der Waals surface area contributed by atoms with E-state index in [-0.39, 0.29) is 11.5 Å². The Morgan fingerprint density at radius 1 is 1.10 bits per heavy atom. The molecule has 2 rings (SSSR count). The van der Waals surface area contributed by atoms with Gasteiger partial charge in [0.15, 0.2) is 5.78 Å². The number of benzene rings is 2. The maximum atomic E-state index is 12.6. The normalized spacial score (nSPS) is 11.6. The first kappa shape index (κ1) is 22.0. The number of nitrogens with one attached hydrogen (secondary N) is 1. The van der Waals surface area contributed by atoms with E-state index in [9.17, 15) is 9.90 Å². The highest BCUT2D eigenvalue weighted by molar-refractivity contribution is 6.07. The summed E-state index contributed by atoms with van der Waals surface area (Å²) in [4.78, 5) is 12.6. The fourth-order valence-corrected chi connectivity index (χ4v) is 3.05. The summed E-state index contributed by atoms with van der Waals surface area (Å²) in [6, 6.07) is 9.20. The third kappa shape index (κ3) is 5.61.